The normalized spacial score (nSPS) is 11.4. The molecule has 0 unspecified atom stereocenters. The Morgan fingerprint density at radius 3 is 2.35 bits per heavy atom. The number of carboxylic acid groups (broad SMARTS) is 1. The number of benzene rings is 1. The third-order valence-electron chi connectivity index (χ3n) is 4.26. The molecule has 0 aliphatic heterocycles. The standard InChI is InChI=1S/C21H24BrN3O5S/c1-13-2-7-16(31-13)10-14-3-5-15(6-4-14)24-21(30)17(8-9-20(28)29)25-19(27)12-23-18(26)11-22/h2-7,17H,8-12H2,1H3,(H,23,26)(H,24,30)(H,25,27)(H,28,29)/t17-/m1/s1. The van der Waals surface area contributed by atoms with Crippen LogP contribution in [0.3, 0.4) is 0 Å². The lowest BCUT2D eigenvalue weighted by Crippen LogP contribution is -2.47. The Bertz CT molecular complexity index is 929. The number of carbonyl (C=O) groups is 4. The van der Waals surface area contributed by atoms with Crippen LogP contribution >= 0.6 is 27.3 Å². The molecule has 0 radical (unpaired) electrons. The molecule has 4 N–H and O–H groups in total. The van der Waals surface area contributed by atoms with Gasteiger partial charge < -0.3 is 21.1 Å². The van der Waals surface area contributed by atoms with E-state index < -0.39 is 23.8 Å². The van der Waals surface area contributed by atoms with Crippen molar-refractivity contribution >= 4 is 56.6 Å². The van der Waals surface area contributed by atoms with Crippen molar-refractivity contribution < 1.29 is 24.3 Å². The Labute approximate surface area is 192 Å². The Hall–Kier alpha value is -2.72. The van der Waals surface area contributed by atoms with E-state index >= 15 is 0 Å². The molecule has 10 heteroatoms. The van der Waals surface area contributed by atoms with Crippen molar-refractivity contribution in [1.29, 1.82) is 0 Å². The van der Waals surface area contributed by atoms with E-state index in [1.807, 2.05) is 12.1 Å². The van der Waals surface area contributed by atoms with Crippen LogP contribution in [-0.4, -0.2) is 46.7 Å². The molecule has 166 valence electrons. The van der Waals surface area contributed by atoms with Crippen LogP contribution in [0.2, 0.25) is 0 Å². The predicted molar refractivity (Wildman–Crippen MR) is 123 cm³/mol. The van der Waals surface area contributed by atoms with Crippen molar-refractivity contribution in [3.8, 4) is 0 Å². The average Bonchev–Trinajstić information content (AvgIpc) is 3.14. The van der Waals surface area contributed by atoms with Gasteiger partial charge in [-0.05, 0) is 43.2 Å². The monoisotopic (exact) mass is 509 g/mol. The summed E-state index contributed by atoms with van der Waals surface area (Å²) in [5, 5.41) is 16.5. The quantitative estimate of drug-likeness (QED) is 0.346. The number of alkyl halides is 1. The van der Waals surface area contributed by atoms with E-state index in [4.69, 9.17) is 5.11 Å². The van der Waals surface area contributed by atoms with Crippen molar-refractivity contribution in [2.24, 2.45) is 0 Å². The fourth-order valence-corrected chi connectivity index (χ4v) is 3.85. The fourth-order valence-electron chi connectivity index (χ4n) is 2.72. The molecule has 8 nitrogen and oxygen atoms in total. The molecule has 0 aliphatic rings. The lowest BCUT2D eigenvalue weighted by Gasteiger charge is -2.18. The second kappa shape index (κ2) is 12.2. The molecule has 1 heterocycles. The lowest BCUT2D eigenvalue weighted by atomic mass is 10.1. The summed E-state index contributed by atoms with van der Waals surface area (Å²) >= 11 is 4.70. The molecule has 1 aromatic carbocycles. The van der Waals surface area contributed by atoms with Crippen molar-refractivity contribution in [2.45, 2.75) is 32.2 Å². The smallest absolute Gasteiger partial charge is 0.303 e. The molecule has 0 aliphatic carbocycles. The van der Waals surface area contributed by atoms with Gasteiger partial charge in [0.1, 0.15) is 6.04 Å². The molecule has 2 aromatic rings. The third kappa shape index (κ3) is 8.89. The number of aryl methyl sites for hydroxylation is 1. The van der Waals surface area contributed by atoms with Crippen molar-refractivity contribution in [1.82, 2.24) is 10.6 Å². The number of thiophene rings is 1. The van der Waals surface area contributed by atoms with Crippen LogP contribution in [0.1, 0.15) is 28.2 Å². The first-order chi connectivity index (χ1) is 14.8. The molecule has 0 saturated heterocycles. The molecule has 2 rings (SSSR count). The molecular formula is C21H24BrN3O5S. The van der Waals surface area contributed by atoms with Crippen LogP contribution in [0.25, 0.3) is 0 Å². The number of carboxylic acids is 1. The number of halogens is 1. The highest BCUT2D eigenvalue weighted by Crippen LogP contribution is 2.20. The maximum absolute atomic E-state index is 12.6. The molecule has 31 heavy (non-hydrogen) atoms. The van der Waals surface area contributed by atoms with E-state index in [9.17, 15) is 19.2 Å². The molecule has 0 saturated carbocycles. The van der Waals surface area contributed by atoms with Gasteiger partial charge in [0.25, 0.3) is 0 Å². The minimum atomic E-state index is -1.08. The van der Waals surface area contributed by atoms with Crippen LogP contribution in [0.5, 0.6) is 0 Å². The van der Waals surface area contributed by atoms with Crippen molar-refractivity contribution in [3.63, 3.8) is 0 Å². The van der Waals surface area contributed by atoms with Crippen molar-refractivity contribution in [3.05, 3.63) is 51.7 Å². The van der Waals surface area contributed by atoms with Gasteiger partial charge in [-0.25, -0.2) is 0 Å². The predicted octanol–water partition coefficient (Wildman–Crippen LogP) is 2.45. The minimum Gasteiger partial charge on any atom is -0.481 e. The average molecular weight is 510 g/mol. The van der Waals surface area contributed by atoms with Gasteiger partial charge in [-0.15, -0.1) is 11.3 Å². The highest BCUT2D eigenvalue weighted by molar-refractivity contribution is 9.09. The highest BCUT2D eigenvalue weighted by Gasteiger charge is 2.22. The minimum absolute atomic E-state index is 0.0469. The van der Waals surface area contributed by atoms with Crippen LogP contribution in [0, 0.1) is 6.92 Å². The summed E-state index contributed by atoms with van der Waals surface area (Å²) < 4.78 is 0. The number of rotatable bonds is 11. The summed E-state index contributed by atoms with van der Waals surface area (Å²) in [7, 11) is 0. The van der Waals surface area contributed by atoms with E-state index in [0.29, 0.717) is 5.69 Å². The molecular weight excluding hydrogens is 486 g/mol. The zero-order valence-corrected chi connectivity index (χ0v) is 19.3. The number of amides is 3. The Kier molecular flexibility index (Phi) is 9.67. The zero-order chi connectivity index (χ0) is 22.8. The van der Waals surface area contributed by atoms with E-state index in [1.165, 1.54) is 9.75 Å². The van der Waals surface area contributed by atoms with Gasteiger partial charge in [-0.1, -0.05) is 28.1 Å². The second-order valence-corrected chi connectivity index (χ2v) is 8.77. The van der Waals surface area contributed by atoms with Gasteiger partial charge in [0.05, 0.1) is 11.9 Å². The summed E-state index contributed by atoms with van der Waals surface area (Å²) in [6, 6.07) is 10.5. The maximum atomic E-state index is 12.6. The van der Waals surface area contributed by atoms with Gasteiger partial charge >= 0.3 is 5.97 Å². The maximum Gasteiger partial charge on any atom is 0.303 e. The van der Waals surface area contributed by atoms with Gasteiger partial charge in [-0.3, -0.25) is 19.2 Å². The summed E-state index contributed by atoms with van der Waals surface area (Å²) in [6.45, 7) is 1.75. The Balaban J connectivity index is 1.96. The third-order valence-corrected chi connectivity index (χ3v) is 5.77. The van der Waals surface area contributed by atoms with E-state index in [0.717, 1.165) is 12.0 Å². The number of nitrogens with one attached hydrogen (secondary N) is 3. The first kappa shape index (κ1) is 24.5. The topological polar surface area (TPSA) is 125 Å². The molecule has 1 atom stereocenters. The van der Waals surface area contributed by atoms with E-state index in [-0.39, 0.29) is 30.6 Å². The number of aliphatic carboxylic acids is 1. The van der Waals surface area contributed by atoms with Crippen molar-refractivity contribution in [2.75, 3.05) is 17.2 Å². The Morgan fingerprint density at radius 1 is 1.06 bits per heavy atom. The molecule has 0 bridgehead atoms. The number of anilines is 1. The fraction of sp³-hybridized carbons (Fsp3) is 0.333. The summed E-state index contributed by atoms with van der Waals surface area (Å²) in [5.74, 6) is -2.56. The van der Waals surface area contributed by atoms with Crippen LogP contribution < -0.4 is 16.0 Å². The first-order valence-corrected chi connectivity index (χ1v) is 11.5. The van der Waals surface area contributed by atoms with Crippen LogP contribution in [0.15, 0.2) is 36.4 Å². The van der Waals surface area contributed by atoms with Crippen LogP contribution in [0.4, 0.5) is 5.69 Å². The number of hydrogen-bond donors (Lipinski definition) is 4. The Morgan fingerprint density at radius 2 is 1.77 bits per heavy atom. The molecule has 1 aromatic heterocycles. The second-order valence-electron chi connectivity index (χ2n) is 6.84. The lowest BCUT2D eigenvalue weighted by molar-refractivity contribution is -0.137. The van der Waals surface area contributed by atoms with E-state index in [2.05, 4.69) is 50.9 Å². The van der Waals surface area contributed by atoms with Gasteiger partial charge in [0.15, 0.2) is 0 Å². The number of hydrogen-bond acceptors (Lipinski definition) is 5. The number of carbonyl (C=O) groups excluding carboxylic acids is 3. The highest BCUT2D eigenvalue weighted by atomic mass is 79.9. The SMILES string of the molecule is Cc1ccc(Cc2ccc(NC(=O)[C@@H](CCC(=O)O)NC(=O)CNC(=O)CBr)cc2)s1. The molecule has 0 spiro atoms. The molecule has 3 amide bonds. The van der Waals surface area contributed by atoms with Crippen LogP contribution in [-0.2, 0) is 25.6 Å². The zero-order valence-electron chi connectivity index (χ0n) is 16.9. The summed E-state index contributed by atoms with van der Waals surface area (Å²) in [4.78, 5) is 49.3. The first-order valence-electron chi connectivity index (χ1n) is 9.55. The van der Waals surface area contributed by atoms with E-state index in [1.54, 1.807) is 23.5 Å². The summed E-state index contributed by atoms with van der Waals surface area (Å²) in [5.41, 5.74) is 1.64. The van der Waals surface area contributed by atoms with Gasteiger partial charge in [-0.2, -0.15) is 0 Å². The summed E-state index contributed by atoms with van der Waals surface area (Å²) in [6.07, 6.45) is 0.435. The van der Waals surface area contributed by atoms with Gasteiger partial charge in [0.2, 0.25) is 17.7 Å². The largest absolute Gasteiger partial charge is 0.481 e. The molecule has 0 fully saturated rings. The van der Waals surface area contributed by atoms with Gasteiger partial charge in [0, 0.05) is 28.3 Å².